The van der Waals surface area contributed by atoms with E-state index in [2.05, 4.69) is 12.2 Å². The standard InChI is InChI=1S/C13H15ClN2O3/c1-2-3-8-6-11(8)15-13(17)10-7-9(14)4-5-12(10)16(18)19/h4-5,7-8,11H,2-3,6H2,1H3,(H,15,17). The van der Waals surface area contributed by atoms with Gasteiger partial charge in [-0.2, -0.15) is 0 Å². The Morgan fingerprint density at radius 1 is 1.58 bits per heavy atom. The van der Waals surface area contributed by atoms with Gasteiger partial charge in [-0.15, -0.1) is 0 Å². The molecule has 1 aromatic rings. The van der Waals surface area contributed by atoms with E-state index in [9.17, 15) is 14.9 Å². The molecule has 2 atom stereocenters. The Bertz CT molecular complexity index is 519. The van der Waals surface area contributed by atoms with Gasteiger partial charge < -0.3 is 5.32 Å². The normalized spacial score (nSPS) is 20.9. The number of nitrogens with zero attached hydrogens (tertiary/aromatic N) is 1. The average Bonchev–Trinajstić information content (AvgIpc) is 3.07. The molecule has 1 N–H and O–H groups in total. The van der Waals surface area contributed by atoms with Crippen LogP contribution < -0.4 is 5.32 Å². The maximum Gasteiger partial charge on any atom is 0.282 e. The topological polar surface area (TPSA) is 72.2 Å². The summed E-state index contributed by atoms with van der Waals surface area (Å²) in [7, 11) is 0. The van der Waals surface area contributed by atoms with Crippen molar-refractivity contribution in [3.05, 3.63) is 38.9 Å². The Balaban J connectivity index is 2.11. The molecule has 1 aliphatic carbocycles. The van der Waals surface area contributed by atoms with Crippen molar-refractivity contribution in [2.45, 2.75) is 32.2 Å². The SMILES string of the molecule is CCCC1CC1NC(=O)c1cc(Cl)ccc1[N+](=O)[O-]. The minimum absolute atomic E-state index is 0.0275. The smallest absolute Gasteiger partial charge is 0.282 e. The van der Waals surface area contributed by atoms with E-state index in [1.54, 1.807) is 0 Å². The first-order valence-electron chi connectivity index (χ1n) is 6.27. The molecule has 1 amide bonds. The van der Waals surface area contributed by atoms with E-state index in [0.717, 1.165) is 19.3 Å². The number of halogens is 1. The number of nitro benzene ring substituents is 1. The molecule has 1 aliphatic rings. The van der Waals surface area contributed by atoms with Crippen molar-refractivity contribution < 1.29 is 9.72 Å². The second kappa shape index (κ2) is 5.57. The first-order chi connectivity index (χ1) is 9.02. The summed E-state index contributed by atoms with van der Waals surface area (Å²) in [4.78, 5) is 22.4. The highest BCUT2D eigenvalue weighted by molar-refractivity contribution is 6.31. The lowest BCUT2D eigenvalue weighted by Crippen LogP contribution is -2.27. The lowest BCUT2D eigenvalue weighted by molar-refractivity contribution is -0.385. The van der Waals surface area contributed by atoms with Gasteiger partial charge in [0.05, 0.1) is 4.92 Å². The van der Waals surface area contributed by atoms with E-state index in [0.29, 0.717) is 10.9 Å². The summed E-state index contributed by atoms with van der Waals surface area (Å²) in [5.41, 5.74) is -0.186. The van der Waals surface area contributed by atoms with Crippen molar-refractivity contribution in [3.63, 3.8) is 0 Å². The molecule has 1 aromatic carbocycles. The number of benzene rings is 1. The summed E-state index contributed by atoms with van der Waals surface area (Å²) in [6.07, 6.45) is 3.10. The molecule has 0 bridgehead atoms. The van der Waals surface area contributed by atoms with E-state index >= 15 is 0 Å². The number of nitrogens with one attached hydrogen (secondary N) is 1. The summed E-state index contributed by atoms with van der Waals surface area (Å²) >= 11 is 5.79. The largest absolute Gasteiger partial charge is 0.349 e. The number of hydrogen-bond donors (Lipinski definition) is 1. The van der Waals surface area contributed by atoms with Gasteiger partial charge in [-0.25, -0.2) is 0 Å². The van der Waals surface area contributed by atoms with Crippen LogP contribution in [0.4, 0.5) is 5.69 Å². The zero-order valence-electron chi connectivity index (χ0n) is 10.6. The van der Waals surface area contributed by atoms with Crippen LogP contribution >= 0.6 is 11.6 Å². The predicted octanol–water partition coefficient (Wildman–Crippen LogP) is 3.17. The van der Waals surface area contributed by atoms with Crippen LogP contribution in [0.5, 0.6) is 0 Å². The van der Waals surface area contributed by atoms with Crippen molar-refractivity contribution in [1.29, 1.82) is 0 Å². The monoisotopic (exact) mass is 282 g/mol. The van der Waals surface area contributed by atoms with Crippen LogP contribution in [-0.4, -0.2) is 16.9 Å². The Hall–Kier alpha value is -1.62. The van der Waals surface area contributed by atoms with Gasteiger partial charge in [0.25, 0.3) is 11.6 Å². The van der Waals surface area contributed by atoms with Crippen molar-refractivity contribution >= 4 is 23.2 Å². The predicted molar refractivity (Wildman–Crippen MR) is 72.4 cm³/mol. The lowest BCUT2D eigenvalue weighted by Gasteiger charge is -2.05. The number of amides is 1. The molecule has 5 nitrogen and oxygen atoms in total. The molecule has 0 aromatic heterocycles. The molecule has 1 saturated carbocycles. The first-order valence-corrected chi connectivity index (χ1v) is 6.65. The third-order valence-corrected chi connectivity index (χ3v) is 3.53. The maximum atomic E-state index is 12.0. The van der Waals surface area contributed by atoms with E-state index in [1.165, 1.54) is 18.2 Å². The highest BCUT2D eigenvalue weighted by Crippen LogP contribution is 2.35. The summed E-state index contributed by atoms with van der Waals surface area (Å²) in [6, 6.07) is 4.15. The van der Waals surface area contributed by atoms with Gasteiger partial charge in [0.2, 0.25) is 0 Å². The van der Waals surface area contributed by atoms with E-state index < -0.39 is 10.8 Å². The second-order valence-corrected chi connectivity index (χ2v) is 5.22. The molecule has 0 heterocycles. The molecule has 19 heavy (non-hydrogen) atoms. The zero-order chi connectivity index (χ0) is 14.0. The van der Waals surface area contributed by atoms with Gasteiger partial charge in [-0.3, -0.25) is 14.9 Å². The van der Waals surface area contributed by atoms with Crippen molar-refractivity contribution in [2.75, 3.05) is 0 Å². The van der Waals surface area contributed by atoms with Gasteiger partial charge >= 0.3 is 0 Å². The quantitative estimate of drug-likeness (QED) is 0.666. The number of carbonyl (C=O) groups excluding carboxylic acids is 1. The van der Waals surface area contributed by atoms with E-state index in [1.807, 2.05) is 0 Å². The Kier molecular flexibility index (Phi) is 4.04. The first kappa shape index (κ1) is 13.8. The summed E-state index contributed by atoms with van der Waals surface area (Å²) < 4.78 is 0. The van der Waals surface area contributed by atoms with Crippen LogP contribution in [0.3, 0.4) is 0 Å². The summed E-state index contributed by atoms with van der Waals surface area (Å²) in [5.74, 6) is 0.0880. The molecule has 2 rings (SSSR count). The Morgan fingerprint density at radius 3 is 2.95 bits per heavy atom. The number of hydrogen-bond acceptors (Lipinski definition) is 3. The van der Waals surface area contributed by atoms with Crippen molar-refractivity contribution in [1.82, 2.24) is 5.32 Å². The van der Waals surface area contributed by atoms with Gasteiger partial charge in [-0.05, 0) is 30.9 Å². The molecule has 0 spiro atoms. The van der Waals surface area contributed by atoms with Crippen LogP contribution in [0, 0.1) is 16.0 Å². The van der Waals surface area contributed by atoms with Crippen LogP contribution in [0.25, 0.3) is 0 Å². The summed E-state index contributed by atoms with van der Waals surface area (Å²) in [6.45, 7) is 2.10. The molecule has 102 valence electrons. The maximum absolute atomic E-state index is 12.0. The number of rotatable bonds is 5. The molecule has 2 unspecified atom stereocenters. The Labute approximate surface area is 116 Å². The van der Waals surface area contributed by atoms with Crippen LogP contribution in [-0.2, 0) is 0 Å². The van der Waals surface area contributed by atoms with Crippen LogP contribution in [0.15, 0.2) is 18.2 Å². The minimum Gasteiger partial charge on any atom is -0.349 e. The van der Waals surface area contributed by atoms with Crippen LogP contribution in [0.2, 0.25) is 5.02 Å². The van der Waals surface area contributed by atoms with Gasteiger partial charge in [0.15, 0.2) is 0 Å². The fourth-order valence-corrected chi connectivity index (χ4v) is 2.38. The third-order valence-electron chi connectivity index (χ3n) is 3.30. The number of nitro groups is 1. The highest BCUT2D eigenvalue weighted by Gasteiger charge is 2.38. The third kappa shape index (κ3) is 3.23. The average molecular weight is 283 g/mol. The Morgan fingerprint density at radius 2 is 2.32 bits per heavy atom. The molecule has 0 radical (unpaired) electrons. The molecule has 6 heteroatoms. The molecular weight excluding hydrogens is 268 g/mol. The van der Waals surface area contributed by atoms with E-state index in [4.69, 9.17) is 11.6 Å². The number of carbonyl (C=O) groups is 1. The van der Waals surface area contributed by atoms with Crippen LogP contribution in [0.1, 0.15) is 36.5 Å². The lowest BCUT2D eigenvalue weighted by atomic mass is 10.1. The fourth-order valence-electron chi connectivity index (χ4n) is 2.21. The molecule has 0 aliphatic heterocycles. The van der Waals surface area contributed by atoms with Gasteiger partial charge in [0.1, 0.15) is 5.56 Å². The fraction of sp³-hybridized carbons (Fsp3) is 0.462. The van der Waals surface area contributed by atoms with E-state index in [-0.39, 0.29) is 17.3 Å². The molecular formula is C13H15ClN2O3. The summed E-state index contributed by atoms with van der Waals surface area (Å²) in [5, 5.41) is 14.0. The zero-order valence-corrected chi connectivity index (χ0v) is 11.3. The van der Waals surface area contributed by atoms with Gasteiger partial charge in [0, 0.05) is 17.1 Å². The minimum atomic E-state index is -0.568. The molecule has 0 saturated heterocycles. The van der Waals surface area contributed by atoms with Gasteiger partial charge in [-0.1, -0.05) is 24.9 Å². The highest BCUT2D eigenvalue weighted by atomic mass is 35.5. The second-order valence-electron chi connectivity index (χ2n) is 4.78. The molecule has 1 fully saturated rings. The van der Waals surface area contributed by atoms with Crippen molar-refractivity contribution in [3.8, 4) is 0 Å². The van der Waals surface area contributed by atoms with Crippen molar-refractivity contribution in [2.24, 2.45) is 5.92 Å².